The van der Waals surface area contributed by atoms with Crippen LogP contribution < -0.4 is 9.92 Å². The molecule has 0 heterocycles. The predicted molar refractivity (Wildman–Crippen MR) is 50.1 cm³/mol. The summed E-state index contributed by atoms with van der Waals surface area (Å²) in [5.74, 6) is 0.0585. The topological polar surface area (TPSA) is 9.23 Å². The maximum atomic E-state index is 13.1. The lowest BCUT2D eigenvalue weighted by Gasteiger charge is -2.00. The van der Waals surface area contributed by atoms with Crippen molar-refractivity contribution in [3.8, 4) is 5.75 Å². The van der Waals surface area contributed by atoms with Gasteiger partial charge in [0, 0.05) is 6.07 Å². The van der Waals surface area contributed by atoms with Crippen molar-refractivity contribution in [1.29, 1.82) is 0 Å². The summed E-state index contributed by atoms with van der Waals surface area (Å²) in [6.07, 6.45) is 0. The van der Waals surface area contributed by atoms with E-state index in [1.807, 2.05) is 6.07 Å². The summed E-state index contributed by atoms with van der Waals surface area (Å²) in [7, 11) is 0.920. The maximum absolute atomic E-state index is 13.1. The van der Waals surface area contributed by atoms with Crippen molar-refractivity contribution in [1.82, 2.24) is 0 Å². The van der Waals surface area contributed by atoms with Gasteiger partial charge in [-0.15, -0.1) is 0 Å². The molecule has 1 aromatic rings. The quantitative estimate of drug-likeness (QED) is 0.635. The molecule has 0 spiro atoms. The van der Waals surface area contributed by atoms with Gasteiger partial charge in [-0.05, 0) is 12.1 Å². The Morgan fingerprint density at radius 3 is 2.42 bits per heavy atom. The number of methoxy groups -OCH3 is 1. The molecule has 0 saturated heterocycles. The number of hydrogen-bond acceptors (Lipinski definition) is 1. The minimum Gasteiger partial charge on any atom is -0.494 e. The first-order chi connectivity index (χ1) is 5.65. The molecule has 0 aliphatic carbocycles. The lowest BCUT2D eigenvalue weighted by Crippen LogP contribution is -2.22. The number of halogens is 1. The van der Waals surface area contributed by atoms with Crippen LogP contribution in [0.2, 0.25) is 13.1 Å². The summed E-state index contributed by atoms with van der Waals surface area (Å²) in [5.41, 5.74) is 0. The molecular formula is C9H12FOSi+. The van der Waals surface area contributed by atoms with E-state index in [-0.39, 0.29) is 5.82 Å². The number of rotatable bonds is 2. The van der Waals surface area contributed by atoms with Crippen molar-refractivity contribution in [3.63, 3.8) is 0 Å². The third kappa shape index (κ3) is 1.85. The van der Waals surface area contributed by atoms with E-state index in [1.165, 1.54) is 7.11 Å². The van der Waals surface area contributed by atoms with Crippen molar-refractivity contribution in [3.05, 3.63) is 24.0 Å². The highest BCUT2D eigenvalue weighted by molar-refractivity contribution is 6.70. The van der Waals surface area contributed by atoms with Crippen LogP contribution in [-0.2, 0) is 0 Å². The van der Waals surface area contributed by atoms with E-state index in [4.69, 9.17) is 4.74 Å². The Morgan fingerprint density at radius 2 is 2.00 bits per heavy atom. The SMILES string of the molecule is COc1ccc([Si+](C)C)cc1F. The van der Waals surface area contributed by atoms with Gasteiger partial charge >= 0.3 is 8.80 Å². The second-order valence-electron chi connectivity index (χ2n) is 2.85. The Bertz CT molecular complexity index is 273. The molecule has 1 aromatic carbocycles. The maximum Gasteiger partial charge on any atom is 0.345 e. The zero-order chi connectivity index (χ0) is 9.14. The van der Waals surface area contributed by atoms with Crippen LogP contribution in [0, 0.1) is 5.82 Å². The van der Waals surface area contributed by atoms with Crippen molar-refractivity contribution >= 4 is 14.0 Å². The lowest BCUT2D eigenvalue weighted by atomic mass is 10.3. The Hall–Kier alpha value is -0.833. The number of ether oxygens (including phenoxy) is 1. The van der Waals surface area contributed by atoms with Crippen LogP contribution in [0.1, 0.15) is 0 Å². The molecule has 0 atom stereocenters. The van der Waals surface area contributed by atoms with E-state index in [1.54, 1.807) is 12.1 Å². The van der Waals surface area contributed by atoms with E-state index in [9.17, 15) is 4.39 Å². The predicted octanol–water partition coefficient (Wildman–Crippen LogP) is 1.80. The summed E-state index contributed by atoms with van der Waals surface area (Å²) in [4.78, 5) is 0. The zero-order valence-electron chi connectivity index (χ0n) is 7.52. The van der Waals surface area contributed by atoms with Gasteiger partial charge in [-0.3, -0.25) is 0 Å². The van der Waals surface area contributed by atoms with Gasteiger partial charge in [-0.2, -0.15) is 0 Å². The first kappa shape index (κ1) is 9.26. The molecule has 0 N–H and O–H groups in total. The molecule has 0 aliphatic rings. The fraction of sp³-hybridized carbons (Fsp3) is 0.333. The Labute approximate surface area is 73.8 Å². The van der Waals surface area contributed by atoms with Crippen LogP contribution in [0.25, 0.3) is 0 Å². The molecule has 0 aliphatic heterocycles. The Kier molecular flexibility index (Phi) is 2.86. The fourth-order valence-corrected chi connectivity index (χ4v) is 1.81. The van der Waals surface area contributed by atoms with E-state index in [0.717, 1.165) is 5.19 Å². The minimum atomic E-state index is -0.554. The van der Waals surface area contributed by atoms with Gasteiger partial charge in [0.1, 0.15) is 5.19 Å². The van der Waals surface area contributed by atoms with E-state index in [0.29, 0.717) is 5.75 Å². The third-order valence-corrected chi connectivity index (χ3v) is 3.19. The Balaban J connectivity index is 3.02. The summed E-state index contributed by atoms with van der Waals surface area (Å²) in [5, 5.41) is 1.10. The molecule has 0 radical (unpaired) electrons. The summed E-state index contributed by atoms with van der Waals surface area (Å²) < 4.78 is 17.9. The van der Waals surface area contributed by atoms with E-state index < -0.39 is 8.80 Å². The molecule has 3 heteroatoms. The summed E-state index contributed by atoms with van der Waals surface area (Å²) in [6, 6.07) is 5.17. The highest BCUT2D eigenvalue weighted by Crippen LogP contribution is 2.13. The summed E-state index contributed by atoms with van der Waals surface area (Å²) >= 11 is 0. The normalized spacial score (nSPS) is 9.67. The van der Waals surface area contributed by atoms with Crippen LogP contribution in [0.15, 0.2) is 18.2 Å². The molecule has 0 bridgehead atoms. The van der Waals surface area contributed by atoms with Gasteiger partial charge in [-0.25, -0.2) is 4.39 Å². The van der Waals surface area contributed by atoms with E-state index >= 15 is 0 Å². The first-order valence-electron chi connectivity index (χ1n) is 3.79. The number of benzene rings is 1. The average molecular weight is 183 g/mol. The largest absolute Gasteiger partial charge is 0.494 e. The monoisotopic (exact) mass is 183 g/mol. The lowest BCUT2D eigenvalue weighted by molar-refractivity contribution is 0.387. The van der Waals surface area contributed by atoms with Crippen LogP contribution in [0.3, 0.4) is 0 Å². The molecule has 0 fully saturated rings. The highest BCUT2D eigenvalue weighted by atomic mass is 28.3. The molecule has 0 saturated carbocycles. The highest BCUT2D eigenvalue weighted by Gasteiger charge is 2.17. The van der Waals surface area contributed by atoms with Crippen molar-refractivity contribution in [2.24, 2.45) is 0 Å². The molecule has 1 rings (SSSR count). The molecule has 1 nitrogen and oxygen atoms in total. The van der Waals surface area contributed by atoms with Crippen molar-refractivity contribution in [2.75, 3.05) is 7.11 Å². The zero-order valence-corrected chi connectivity index (χ0v) is 8.52. The molecule has 64 valence electrons. The van der Waals surface area contributed by atoms with Crippen LogP contribution in [0.4, 0.5) is 4.39 Å². The smallest absolute Gasteiger partial charge is 0.345 e. The number of hydrogen-bond donors (Lipinski definition) is 0. The second kappa shape index (κ2) is 3.71. The van der Waals surface area contributed by atoms with Gasteiger partial charge in [0.2, 0.25) is 0 Å². The van der Waals surface area contributed by atoms with Crippen LogP contribution >= 0.6 is 0 Å². The van der Waals surface area contributed by atoms with Gasteiger partial charge < -0.3 is 4.74 Å². The molecule has 0 aromatic heterocycles. The molecule has 12 heavy (non-hydrogen) atoms. The second-order valence-corrected chi connectivity index (χ2v) is 5.43. The van der Waals surface area contributed by atoms with Gasteiger partial charge in [-0.1, -0.05) is 0 Å². The van der Waals surface area contributed by atoms with E-state index in [2.05, 4.69) is 13.1 Å². The summed E-state index contributed by atoms with van der Waals surface area (Å²) in [6.45, 7) is 4.26. The first-order valence-corrected chi connectivity index (χ1v) is 6.29. The van der Waals surface area contributed by atoms with Crippen LogP contribution in [-0.4, -0.2) is 15.9 Å². The fourth-order valence-electron chi connectivity index (χ4n) is 0.977. The molecule has 0 amide bonds. The average Bonchev–Trinajstić information content (AvgIpc) is 2.04. The van der Waals surface area contributed by atoms with Crippen LogP contribution in [0.5, 0.6) is 5.75 Å². The third-order valence-electron chi connectivity index (χ3n) is 1.73. The standard InChI is InChI=1S/C9H12FOSi/c1-11-9-5-4-7(12(2)3)6-8(9)10/h4-6H,1-3H3/q+1. The van der Waals surface area contributed by atoms with Crippen molar-refractivity contribution in [2.45, 2.75) is 13.1 Å². The van der Waals surface area contributed by atoms with Gasteiger partial charge in [0.05, 0.1) is 20.2 Å². The van der Waals surface area contributed by atoms with Gasteiger partial charge in [0.15, 0.2) is 11.6 Å². The van der Waals surface area contributed by atoms with Gasteiger partial charge in [0.25, 0.3) is 0 Å². The van der Waals surface area contributed by atoms with Crippen molar-refractivity contribution < 1.29 is 9.13 Å². The minimum absolute atomic E-state index is 0.263. The Morgan fingerprint density at radius 1 is 1.33 bits per heavy atom. The molecular weight excluding hydrogens is 171 g/mol. The molecule has 0 unspecified atom stereocenters.